The zero-order chi connectivity index (χ0) is 14.1. The maximum atomic E-state index is 9.54. The number of aliphatic hydroxyl groups excluding tert-OH is 1. The second kappa shape index (κ2) is 5.84. The van der Waals surface area contributed by atoms with Gasteiger partial charge in [-0.05, 0) is 38.1 Å². The maximum Gasteiger partial charge on any atom is 0.186 e. The SMILES string of the molecule is CC(C)N(Cc1cccs1)c1nc(C2CC2)c(CO)s1. The van der Waals surface area contributed by atoms with E-state index in [9.17, 15) is 5.11 Å². The summed E-state index contributed by atoms with van der Waals surface area (Å²) in [7, 11) is 0. The van der Waals surface area contributed by atoms with Crippen molar-refractivity contribution in [1.82, 2.24) is 4.98 Å². The summed E-state index contributed by atoms with van der Waals surface area (Å²) in [6.07, 6.45) is 2.45. The van der Waals surface area contributed by atoms with Crippen molar-refractivity contribution in [2.75, 3.05) is 4.90 Å². The van der Waals surface area contributed by atoms with Gasteiger partial charge in [-0.25, -0.2) is 4.98 Å². The summed E-state index contributed by atoms with van der Waals surface area (Å²) in [6.45, 7) is 5.42. The minimum Gasteiger partial charge on any atom is -0.391 e. The Balaban J connectivity index is 1.87. The lowest BCUT2D eigenvalue weighted by Crippen LogP contribution is -2.29. The molecule has 0 atom stereocenters. The fourth-order valence-electron chi connectivity index (χ4n) is 2.30. The van der Waals surface area contributed by atoms with Crippen LogP contribution < -0.4 is 4.90 Å². The van der Waals surface area contributed by atoms with E-state index in [2.05, 4.69) is 36.3 Å². The number of thiazole rings is 1. The Morgan fingerprint density at radius 3 is 2.80 bits per heavy atom. The lowest BCUT2D eigenvalue weighted by molar-refractivity contribution is 0.284. The van der Waals surface area contributed by atoms with Crippen LogP contribution in [-0.4, -0.2) is 16.1 Å². The smallest absolute Gasteiger partial charge is 0.186 e. The van der Waals surface area contributed by atoms with Gasteiger partial charge >= 0.3 is 0 Å². The van der Waals surface area contributed by atoms with Gasteiger partial charge in [-0.3, -0.25) is 0 Å². The lowest BCUT2D eigenvalue weighted by atomic mass is 10.2. The van der Waals surface area contributed by atoms with E-state index < -0.39 is 0 Å². The normalized spacial score (nSPS) is 15.0. The molecule has 20 heavy (non-hydrogen) atoms. The number of aromatic nitrogens is 1. The van der Waals surface area contributed by atoms with Gasteiger partial charge in [0.15, 0.2) is 5.13 Å². The number of hydrogen-bond acceptors (Lipinski definition) is 5. The first-order valence-electron chi connectivity index (χ1n) is 7.08. The molecule has 0 radical (unpaired) electrons. The molecule has 2 aromatic heterocycles. The van der Waals surface area contributed by atoms with Crippen LogP contribution in [0.3, 0.4) is 0 Å². The summed E-state index contributed by atoms with van der Waals surface area (Å²) in [5.74, 6) is 0.595. The fourth-order valence-corrected chi connectivity index (χ4v) is 4.15. The monoisotopic (exact) mass is 308 g/mol. The second-order valence-corrected chi connectivity index (χ2v) is 7.63. The minimum atomic E-state index is 0.119. The quantitative estimate of drug-likeness (QED) is 0.876. The second-order valence-electron chi connectivity index (χ2n) is 5.54. The molecular weight excluding hydrogens is 288 g/mol. The summed E-state index contributed by atoms with van der Waals surface area (Å²) >= 11 is 3.44. The van der Waals surface area contributed by atoms with Gasteiger partial charge in [0.2, 0.25) is 0 Å². The number of rotatable bonds is 6. The molecule has 1 N–H and O–H groups in total. The van der Waals surface area contributed by atoms with E-state index in [0.717, 1.165) is 22.2 Å². The summed E-state index contributed by atoms with van der Waals surface area (Å²) < 4.78 is 0. The molecule has 0 aromatic carbocycles. The first-order valence-corrected chi connectivity index (χ1v) is 8.78. The highest BCUT2D eigenvalue weighted by Gasteiger charge is 2.30. The van der Waals surface area contributed by atoms with Gasteiger partial charge in [0.25, 0.3) is 0 Å². The summed E-state index contributed by atoms with van der Waals surface area (Å²) in [6, 6.07) is 4.67. The van der Waals surface area contributed by atoms with E-state index in [1.807, 2.05) is 0 Å². The number of anilines is 1. The number of nitrogens with zero attached hydrogens (tertiary/aromatic N) is 2. The van der Waals surface area contributed by atoms with E-state index in [4.69, 9.17) is 4.98 Å². The molecule has 0 unspecified atom stereocenters. The number of aliphatic hydroxyl groups is 1. The zero-order valence-electron chi connectivity index (χ0n) is 11.9. The van der Waals surface area contributed by atoms with Crippen molar-refractivity contribution >= 4 is 27.8 Å². The van der Waals surface area contributed by atoms with Crippen LogP contribution in [0.2, 0.25) is 0 Å². The molecule has 1 aliphatic carbocycles. The molecule has 0 bridgehead atoms. The fraction of sp³-hybridized carbons (Fsp3) is 0.533. The molecule has 2 aromatic rings. The molecule has 3 nitrogen and oxygen atoms in total. The predicted molar refractivity (Wildman–Crippen MR) is 85.6 cm³/mol. The highest BCUT2D eigenvalue weighted by atomic mass is 32.1. The zero-order valence-corrected chi connectivity index (χ0v) is 13.5. The highest BCUT2D eigenvalue weighted by Crippen LogP contribution is 2.44. The minimum absolute atomic E-state index is 0.119. The van der Waals surface area contributed by atoms with Crippen molar-refractivity contribution in [3.8, 4) is 0 Å². The van der Waals surface area contributed by atoms with Crippen LogP contribution >= 0.6 is 22.7 Å². The third-order valence-corrected chi connectivity index (χ3v) is 5.55. The van der Waals surface area contributed by atoms with Crippen LogP contribution in [0, 0.1) is 0 Å². The summed E-state index contributed by atoms with van der Waals surface area (Å²) in [4.78, 5) is 9.58. The van der Waals surface area contributed by atoms with Gasteiger partial charge in [-0.1, -0.05) is 17.4 Å². The van der Waals surface area contributed by atoms with E-state index in [1.54, 1.807) is 22.7 Å². The molecule has 1 fully saturated rings. The van der Waals surface area contributed by atoms with Crippen LogP contribution in [0.25, 0.3) is 0 Å². The molecule has 0 amide bonds. The molecular formula is C15H20N2OS2. The van der Waals surface area contributed by atoms with Gasteiger partial charge in [-0.15, -0.1) is 11.3 Å². The highest BCUT2D eigenvalue weighted by molar-refractivity contribution is 7.15. The average Bonchev–Trinajstić information content (AvgIpc) is 2.99. The van der Waals surface area contributed by atoms with Gasteiger partial charge in [0.05, 0.1) is 23.7 Å². The van der Waals surface area contributed by atoms with Crippen molar-refractivity contribution in [3.63, 3.8) is 0 Å². The molecule has 3 rings (SSSR count). The van der Waals surface area contributed by atoms with Crippen LogP contribution in [0.5, 0.6) is 0 Å². The third kappa shape index (κ3) is 2.90. The van der Waals surface area contributed by atoms with Crippen molar-refractivity contribution in [1.29, 1.82) is 0 Å². The van der Waals surface area contributed by atoms with Gasteiger partial charge < -0.3 is 10.0 Å². The number of hydrogen-bond donors (Lipinski definition) is 1. The van der Waals surface area contributed by atoms with Gasteiger partial charge in [-0.2, -0.15) is 0 Å². The predicted octanol–water partition coefficient (Wildman–Crippen LogP) is 3.99. The molecule has 1 saturated carbocycles. The Kier molecular flexibility index (Phi) is 4.10. The van der Waals surface area contributed by atoms with E-state index in [-0.39, 0.29) is 6.61 Å². The maximum absolute atomic E-state index is 9.54. The Morgan fingerprint density at radius 1 is 1.45 bits per heavy atom. The van der Waals surface area contributed by atoms with E-state index >= 15 is 0 Å². The Hall–Kier alpha value is -0.910. The van der Waals surface area contributed by atoms with Gasteiger partial charge in [0.1, 0.15) is 0 Å². The molecule has 108 valence electrons. The van der Waals surface area contributed by atoms with Gasteiger partial charge in [0, 0.05) is 16.8 Å². The van der Waals surface area contributed by atoms with Crippen molar-refractivity contribution in [3.05, 3.63) is 33.0 Å². The van der Waals surface area contributed by atoms with Crippen LogP contribution in [0.15, 0.2) is 17.5 Å². The standard InChI is InChI=1S/C15H20N2OS2/c1-10(2)17(8-12-4-3-7-19-12)15-16-14(11-5-6-11)13(9-18)20-15/h3-4,7,10-11,18H,5-6,8-9H2,1-2H3. The Bertz CT molecular complexity index is 558. The summed E-state index contributed by atoms with van der Waals surface area (Å²) in [5.41, 5.74) is 1.14. The van der Waals surface area contributed by atoms with Crippen molar-refractivity contribution in [2.24, 2.45) is 0 Å². The van der Waals surface area contributed by atoms with Crippen molar-refractivity contribution in [2.45, 2.75) is 51.8 Å². The Labute approximate surface area is 127 Å². The molecule has 0 saturated heterocycles. The van der Waals surface area contributed by atoms with Crippen molar-refractivity contribution < 1.29 is 5.11 Å². The molecule has 5 heteroatoms. The largest absolute Gasteiger partial charge is 0.391 e. The lowest BCUT2D eigenvalue weighted by Gasteiger charge is -2.25. The average molecular weight is 308 g/mol. The van der Waals surface area contributed by atoms with Crippen LogP contribution in [-0.2, 0) is 13.2 Å². The summed E-state index contributed by atoms with van der Waals surface area (Å²) in [5, 5.41) is 12.7. The third-order valence-electron chi connectivity index (χ3n) is 3.60. The van der Waals surface area contributed by atoms with E-state index in [1.165, 1.54) is 17.7 Å². The molecule has 0 spiro atoms. The number of thiophene rings is 1. The van der Waals surface area contributed by atoms with E-state index in [0.29, 0.717) is 12.0 Å². The molecule has 1 aliphatic rings. The first kappa shape index (κ1) is 14.0. The Morgan fingerprint density at radius 2 is 2.25 bits per heavy atom. The van der Waals surface area contributed by atoms with Crippen LogP contribution in [0.4, 0.5) is 5.13 Å². The van der Waals surface area contributed by atoms with Crippen LogP contribution in [0.1, 0.15) is 48.1 Å². The first-order chi connectivity index (χ1) is 9.69. The molecule has 2 heterocycles. The topological polar surface area (TPSA) is 36.4 Å². The molecule has 0 aliphatic heterocycles.